The van der Waals surface area contributed by atoms with Crippen LogP contribution in [0.3, 0.4) is 0 Å². The van der Waals surface area contributed by atoms with E-state index in [1.54, 1.807) is 0 Å². The maximum Gasteiger partial charge on any atom is 0.108 e. The van der Waals surface area contributed by atoms with Gasteiger partial charge >= 0.3 is 0 Å². The molecule has 0 aliphatic rings. The van der Waals surface area contributed by atoms with Crippen LogP contribution in [-0.2, 0) is 22.7 Å². The van der Waals surface area contributed by atoms with E-state index in [-0.39, 0.29) is 18.8 Å². The molecule has 0 bridgehead atoms. The second-order valence-electron chi connectivity index (χ2n) is 6.11. The molecule has 0 amide bonds. The fourth-order valence-electron chi connectivity index (χ4n) is 2.47. The van der Waals surface area contributed by atoms with Crippen molar-refractivity contribution in [1.82, 2.24) is 4.90 Å². The molecule has 0 saturated carbocycles. The molecule has 0 radical (unpaired) electrons. The lowest BCUT2D eigenvalue weighted by molar-refractivity contribution is -0.109. The van der Waals surface area contributed by atoms with Crippen LogP contribution in [0.4, 0.5) is 0 Å². The molecule has 130 valence electrons. The molecular weight excluding hydrogens is 302 g/mol. The van der Waals surface area contributed by atoms with Gasteiger partial charge < -0.3 is 19.5 Å². The third-order valence-corrected chi connectivity index (χ3v) is 3.75. The number of ether oxygens (including phenoxy) is 2. The summed E-state index contributed by atoms with van der Waals surface area (Å²) in [6.07, 6.45) is -0.565. The molecular formula is C20H27NO3. The van der Waals surface area contributed by atoms with Gasteiger partial charge in [0.05, 0.1) is 25.9 Å². The van der Waals surface area contributed by atoms with Gasteiger partial charge in [-0.05, 0) is 25.2 Å². The quantitative estimate of drug-likeness (QED) is 0.728. The third-order valence-electron chi connectivity index (χ3n) is 3.75. The Labute approximate surface area is 144 Å². The van der Waals surface area contributed by atoms with Gasteiger partial charge in [0.1, 0.15) is 6.10 Å². The summed E-state index contributed by atoms with van der Waals surface area (Å²) in [5.74, 6) is 0. The van der Waals surface area contributed by atoms with Gasteiger partial charge in [0.25, 0.3) is 0 Å². The molecule has 0 spiro atoms. The standard InChI is InChI=1S/C20H27NO3/c1-21(2)13-19(23-15-17-9-5-3-6-10-17)20(14-22)24-16-18-11-7-4-8-12-18/h3-12,19-20,22H,13-16H2,1-2H3. The third kappa shape index (κ3) is 6.42. The Morgan fingerprint density at radius 2 is 1.25 bits per heavy atom. The molecule has 1 N–H and O–H groups in total. The maximum atomic E-state index is 9.76. The molecule has 4 nitrogen and oxygen atoms in total. The van der Waals surface area contributed by atoms with Crippen molar-refractivity contribution < 1.29 is 14.6 Å². The van der Waals surface area contributed by atoms with Crippen LogP contribution in [0.25, 0.3) is 0 Å². The van der Waals surface area contributed by atoms with E-state index in [1.807, 2.05) is 79.7 Å². The molecule has 24 heavy (non-hydrogen) atoms. The minimum absolute atomic E-state index is 0.0693. The van der Waals surface area contributed by atoms with Crippen molar-refractivity contribution in [3.05, 3.63) is 71.8 Å². The predicted octanol–water partition coefficient (Wildman–Crippen LogP) is 2.71. The van der Waals surface area contributed by atoms with Crippen molar-refractivity contribution in [3.8, 4) is 0 Å². The highest BCUT2D eigenvalue weighted by molar-refractivity contribution is 5.14. The first-order valence-corrected chi connectivity index (χ1v) is 8.25. The van der Waals surface area contributed by atoms with E-state index in [2.05, 4.69) is 0 Å². The number of likely N-dealkylation sites (N-methyl/N-ethyl adjacent to an activating group) is 1. The lowest BCUT2D eigenvalue weighted by Gasteiger charge is -2.28. The Morgan fingerprint density at radius 3 is 1.67 bits per heavy atom. The van der Waals surface area contributed by atoms with Crippen molar-refractivity contribution in [2.75, 3.05) is 27.2 Å². The van der Waals surface area contributed by atoms with Gasteiger partial charge in [-0.25, -0.2) is 0 Å². The van der Waals surface area contributed by atoms with Gasteiger partial charge in [-0.1, -0.05) is 60.7 Å². The summed E-state index contributed by atoms with van der Waals surface area (Å²) < 4.78 is 12.0. The predicted molar refractivity (Wildman–Crippen MR) is 95.7 cm³/mol. The fourth-order valence-corrected chi connectivity index (χ4v) is 2.47. The lowest BCUT2D eigenvalue weighted by atomic mass is 10.2. The summed E-state index contributed by atoms with van der Waals surface area (Å²) in [4.78, 5) is 2.05. The molecule has 0 aliphatic carbocycles. The van der Waals surface area contributed by atoms with Gasteiger partial charge in [-0.2, -0.15) is 0 Å². The minimum Gasteiger partial charge on any atom is -0.394 e. The minimum atomic E-state index is -0.365. The number of benzene rings is 2. The van der Waals surface area contributed by atoms with Crippen molar-refractivity contribution in [1.29, 1.82) is 0 Å². The molecule has 2 unspecified atom stereocenters. The van der Waals surface area contributed by atoms with Crippen LogP contribution in [-0.4, -0.2) is 49.5 Å². The summed E-state index contributed by atoms with van der Waals surface area (Å²) in [5.41, 5.74) is 2.20. The molecule has 2 aromatic carbocycles. The SMILES string of the molecule is CN(C)CC(OCc1ccccc1)C(CO)OCc1ccccc1. The Bertz CT molecular complexity index is 560. The highest BCUT2D eigenvalue weighted by Crippen LogP contribution is 2.12. The van der Waals surface area contributed by atoms with Gasteiger partial charge in [0.15, 0.2) is 0 Å². The first-order valence-electron chi connectivity index (χ1n) is 8.25. The number of nitrogens with zero attached hydrogens (tertiary/aromatic N) is 1. The topological polar surface area (TPSA) is 41.9 Å². The molecule has 0 aromatic heterocycles. The zero-order valence-electron chi connectivity index (χ0n) is 14.5. The van der Waals surface area contributed by atoms with Crippen LogP contribution in [0.1, 0.15) is 11.1 Å². The highest BCUT2D eigenvalue weighted by atomic mass is 16.5. The molecule has 4 heteroatoms. The van der Waals surface area contributed by atoms with Gasteiger partial charge in [-0.3, -0.25) is 0 Å². The highest BCUT2D eigenvalue weighted by Gasteiger charge is 2.23. The number of hydrogen-bond donors (Lipinski definition) is 1. The zero-order chi connectivity index (χ0) is 17.2. The number of hydrogen-bond acceptors (Lipinski definition) is 4. The number of aliphatic hydroxyl groups excluding tert-OH is 1. The summed E-state index contributed by atoms with van der Waals surface area (Å²) in [7, 11) is 3.98. The summed E-state index contributed by atoms with van der Waals surface area (Å²) in [6, 6.07) is 20.0. The zero-order valence-corrected chi connectivity index (χ0v) is 14.5. The van der Waals surface area contributed by atoms with Gasteiger partial charge in [0, 0.05) is 6.54 Å². The summed E-state index contributed by atoms with van der Waals surface area (Å²) in [5, 5.41) is 9.76. The Kier molecular flexibility index (Phi) is 7.92. The number of aliphatic hydroxyl groups is 1. The molecule has 2 rings (SSSR count). The van der Waals surface area contributed by atoms with Crippen LogP contribution < -0.4 is 0 Å². The van der Waals surface area contributed by atoms with Crippen molar-refractivity contribution in [2.45, 2.75) is 25.4 Å². The van der Waals surface area contributed by atoms with Crippen LogP contribution in [0.15, 0.2) is 60.7 Å². The van der Waals surface area contributed by atoms with E-state index in [1.165, 1.54) is 0 Å². The monoisotopic (exact) mass is 329 g/mol. The second-order valence-corrected chi connectivity index (χ2v) is 6.11. The Hall–Kier alpha value is -1.72. The first-order chi connectivity index (χ1) is 11.7. The average molecular weight is 329 g/mol. The smallest absolute Gasteiger partial charge is 0.108 e. The second kappa shape index (κ2) is 10.2. The molecule has 2 aromatic rings. The van der Waals surface area contributed by atoms with E-state index in [4.69, 9.17) is 9.47 Å². The largest absolute Gasteiger partial charge is 0.394 e. The normalized spacial score (nSPS) is 13.8. The van der Waals surface area contributed by atoms with Gasteiger partial charge in [-0.15, -0.1) is 0 Å². The van der Waals surface area contributed by atoms with Crippen LogP contribution in [0, 0.1) is 0 Å². The Morgan fingerprint density at radius 1 is 0.792 bits per heavy atom. The fraction of sp³-hybridized carbons (Fsp3) is 0.400. The Balaban J connectivity index is 1.95. The first kappa shape index (κ1) is 18.6. The molecule has 0 aliphatic heterocycles. The van der Waals surface area contributed by atoms with Crippen LogP contribution in [0.2, 0.25) is 0 Å². The molecule has 0 saturated heterocycles. The molecule has 0 fully saturated rings. The maximum absolute atomic E-state index is 9.76. The van der Waals surface area contributed by atoms with E-state index < -0.39 is 0 Å². The van der Waals surface area contributed by atoms with E-state index in [9.17, 15) is 5.11 Å². The lowest BCUT2D eigenvalue weighted by Crippen LogP contribution is -2.41. The van der Waals surface area contributed by atoms with Crippen molar-refractivity contribution in [2.24, 2.45) is 0 Å². The van der Waals surface area contributed by atoms with Crippen molar-refractivity contribution in [3.63, 3.8) is 0 Å². The van der Waals surface area contributed by atoms with E-state index in [0.29, 0.717) is 19.8 Å². The number of rotatable bonds is 10. The summed E-state index contributed by atoms with van der Waals surface area (Å²) in [6.45, 7) is 1.59. The van der Waals surface area contributed by atoms with Gasteiger partial charge in [0.2, 0.25) is 0 Å². The van der Waals surface area contributed by atoms with Crippen LogP contribution >= 0.6 is 0 Å². The molecule has 0 heterocycles. The van der Waals surface area contributed by atoms with E-state index in [0.717, 1.165) is 11.1 Å². The molecule has 2 atom stereocenters. The summed E-state index contributed by atoms with van der Waals surface area (Å²) >= 11 is 0. The van der Waals surface area contributed by atoms with Crippen LogP contribution in [0.5, 0.6) is 0 Å². The average Bonchev–Trinajstić information content (AvgIpc) is 2.61. The van der Waals surface area contributed by atoms with E-state index >= 15 is 0 Å². The van der Waals surface area contributed by atoms with Crippen molar-refractivity contribution >= 4 is 0 Å².